The lowest BCUT2D eigenvalue weighted by Crippen LogP contribution is -2.41. The molecule has 0 fully saturated rings. The van der Waals surface area contributed by atoms with E-state index in [0.717, 1.165) is 29.8 Å². The van der Waals surface area contributed by atoms with Crippen LogP contribution in [0.1, 0.15) is 64.9 Å². The predicted octanol–water partition coefficient (Wildman–Crippen LogP) is 7.21. The van der Waals surface area contributed by atoms with Gasteiger partial charge in [0.15, 0.2) is 0 Å². The average Bonchev–Trinajstić information content (AvgIpc) is 3.56. The molecule has 0 aromatic heterocycles. The van der Waals surface area contributed by atoms with Gasteiger partial charge in [-0.05, 0) is 61.6 Å². The van der Waals surface area contributed by atoms with E-state index in [1.54, 1.807) is 0 Å². The van der Waals surface area contributed by atoms with Crippen LogP contribution in [-0.2, 0) is 9.59 Å². The number of hydrogen-bond acceptors (Lipinski definition) is 6. The minimum Gasteiger partial charge on any atom is -0.493 e. The van der Waals surface area contributed by atoms with E-state index in [-0.39, 0.29) is 11.8 Å². The van der Waals surface area contributed by atoms with Crippen molar-refractivity contribution >= 4 is 34.6 Å². The number of ether oxygens (including phenoxy) is 2. The fourth-order valence-corrected chi connectivity index (χ4v) is 5.83. The highest BCUT2D eigenvalue weighted by atomic mass is 16.5. The molecule has 2 aliphatic rings. The van der Waals surface area contributed by atoms with Gasteiger partial charge in [0.2, 0.25) is 0 Å². The lowest BCUT2D eigenvalue weighted by atomic mass is 9.71. The summed E-state index contributed by atoms with van der Waals surface area (Å²) in [4.78, 5) is 28.8. The molecule has 0 aliphatic carbocycles. The molecule has 0 saturated heterocycles. The van der Waals surface area contributed by atoms with E-state index < -0.39 is 17.8 Å². The molecule has 2 amide bonds. The molecule has 0 radical (unpaired) electrons. The van der Waals surface area contributed by atoms with E-state index in [1.807, 2.05) is 92.7 Å². The van der Waals surface area contributed by atoms with Gasteiger partial charge in [0.05, 0.1) is 47.8 Å². The van der Waals surface area contributed by atoms with Crippen molar-refractivity contribution in [3.63, 3.8) is 0 Å². The average molecular weight is 581 g/mol. The van der Waals surface area contributed by atoms with E-state index in [0.29, 0.717) is 48.9 Å². The van der Waals surface area contributed by atoms with E-state index in [2.05, 4.69) is 13.8 Å². The van der Waals surface area contributed by atoms with Crippen molar-refractivity contribution in [1.82, 2.24) is 0 Å². The maximum Gasteiger partial charge on any atom is 0.256 e. The van der Waals surface area contributed by atoms with Gasteiger partial charge in [-0.15, -0.1) is 0 Å². The van der Waals surface area contributed by atoms with Gasteiger partial charge in [-0.1, -0.05) is 70.2 Å². The monoisotopic (exact) mass is 580 g/mol. The summed E-state index contributed by atoms with van der Waals surface area (Å²) in [5.41, 5.74) is 3.62. The summed E-state index contributed by atoms with van der Waals surface area (Å²) >= 11 is 0. The second-order valence-electron chi connectivity index (χ2n) is 10.7. The topological polar surface area (TPSA) is 83.8 Å². The second-order valence-corrected chi connectivity index (χ2v) is 10.7. The predicted molar refractivity (Wildman–Crippen MR) is 171 cm³/mol. The van der Waals surface area contributed by atoms with Crippen LogP contribution in [0.4, 0.5) is 11.4 Å². The Bertz CT molecular complexity index is 1410. The van der Waals surface area contributed by atoms with E-state index in [1.165, 1.54) is 10.0 Å². The van der Waals surface area contributed by atoms with Gasteiger partial charge in [-0.2, -0.15) is 10.2 Å². The number of hydrogen-bond donors (Lipinski definition) is 0. The Balaban J connectivity index is 1.66. The fraction of sp³-hybridized carbons (Fsp3) is 0.371. The summed E-state index contributed by atoms with van der Waals surface area (Å²) < 4.78 is 12.3. The first-order valence-corrected chi connectivity index (χ1v) is 15.3. The van der Waals surface area contributed by atoms with Crippen LogP contribution in [0.25, 0.3) is 0 Å². The van der Waals surface area contributed by atoms with Crippen LogP contribution in [0, 0.1) is 11.8 Å². The summed E-state index contributed by atoms with van der Waals surface area (Å²) in [7, 11) is 0. The number of hydrazone groups is 2. The van der Waals surface area contributed by atoms with Crippen molar-refractivity contribution in [1.29, 1.82) is 0 Å². The molecule has 2 unspecified atom stereocenters. The minimum absolute atomic E-state index is 0.165. The normalized spacial score (nSPS) is 19.0. The first-order chi connectivity index (χ1) is 21.0. The Labute approximate surface area is 254 Å². The third kappa shape index (κ3) is 6.05. The quantitative estimate of drug-likeness (QED) is 0.214. The number of para-hydroxylation sites is 2. The molecule has 224 valence electrons. The standard InChI is InChI=1S/C35H40N4O4/c1-5-21-42-26-19-20-27(30(23-26)43-22-6-2)31(32-28(7-3)36-38(34(32)40)24-15-11-9-12-16-24)33-29(8-4)37-39(35(33)41)25-17-13-10-14-18-25/h9-20,23,31-33H,5-8,21-22H2,1-4H3. The molecule has 0 spiro atoms. The zero-order valence-electron chi connectivity index (χ0n) is 25.4. The zero-order valence-corrected chi connectivity index (χ0v) is 25.4. The molecule has 0 bridgehead atoms. The Morgan fingerprint density at radius 2 is 1.16 bits per heavy atom. The maximum absolute atomic E-state index is 14.4. The molecule has 2 atom stereocenters. The Morgan fingerprint density at radius 1 is 0.674 bits per heavy atom. The number of benzene rings is 3. The zero-order chi connectivity index (χ0) is 30.3. The van der Waals surface area contributed by atoms with E-state index >= 15 is 0 Å². The number of amides is 2. The third-order valence-corrected chi connectivity index (χ3v) is 7.85. The highest BCUT2D eigenvalue weighted by molar-refractivity contribution is 6.20. The van der Waals surface area contributed by atoms with Crippen molar-refractivity contribution < 1.29 is 19.1 Å². The lowest BCUT2D eigenvalue weighted by molar-refractivity contribution is -0.122. The minimum atomic E-state index is -0.682. The van der Waals surface area contributed by atoms with Gasteiger partial charge in [0.25, 0.3) is 11.8 Å². The first-order valence-electron chi connectivity index (χ1n) is 15.3. The Hall–Kier alpha value is -4.46. The molecule has 3 aromatic carbocycles. The van der Waals surface area contributed by atoms with Crippen molar-refractivity contribution in [3.8, 4) is 11.5 Å². The second kappa shape index (κ2) is 13.7. The number of nitrogens with zero attached hydrogens (tertiary/aromatic N) is 4. The molecule has 43 heavy (non-hydrogen) atoms. The first kappa shape index (κ1) is 30.0. The van der Waals surface area contributed by atoms with Crippen molar-refractivity contribution in [2.45, 2.75) is 59.3 Å². The molecule has 2 aliphatic heterocycles. The molecule has 8 nitrogen and oxygen atoms in total. The SMILES string of the molecule is CCCOc1ccc(C(C2C(=O)N(c3ccccc3)N=C2CC)C2C(=O)N(c3ccccc3)N=C2CC)c(OCCC)c1. The molecule has 3 aromatic rings. The van der Waals surface area contributed by atoms with Crippen molar-refractivity contribution in [3.05, 3.63) is 84.4 Å². The number of carbonyl (C=O) groups excluding carboxylic acids is 2. The highest BCUT2D eigenvalue weighted by Gasteiger charge is 2.52. The molecule has 5 rings (SSSR count). The van der Waals surface area contributed by atoms with Crippen LogP contribution in [-0.4, -0.2) is 36.5 Å². The number of carbonyl (C=O) groups is 2. The summed E-state index contributed by atoms with van der Waals surface area (Å²) in [6.45, 7) is 9.18. The van der Waals surface area contributed by atoms with Crippen LogP contribution in [0.5, 0.6) is 11.5 Å². The molecule has 0 N–H and O–H groups in total. The third-order valence-electron chi connectivity index (χ3n) is 7.85. The van der Waals surface area contributed by atoms with Gasteiger partial charge in [0.1, 0.15) is 11.5 Å². The summed E-state index contributed by atoms with van der Waals surface area (Å²) in [5, 5.41) is 12.6. The van der Waals surface area contributed by atoms with Crippen LogP contribution < -0.4 is 19.5 Å². The van der Waals surface area contributed by atoms with Crippen molar-refractivity contribution in [2.75, 3.05) is 23.2 Å². The molecule has 8 heteroatoms. The lowest BCUT2D eigenvalue weighted by Gasteiger charge is -2.31. The van der Waals surface area contributed by atoms with Gasteiger partial charge < -0.3 is 9.47 Å². The maximum atomic E-state index is 14.4. The van der Waals surface area contributed by atoms with E-state index in [9.17, 15) is 9.59 Å². The molecule has 2 heterocycles. The van der Waals surface area contributed by atoms with E-state index in [4.69, 9.17) is 19.7 Å². The van der Waals surface area contributed by atoms with Gasteiger partial charge in [0, 0.05) is 12.0 Å². The molecular weight excluding hydrogens is 540 g/mol. The van der Waals surface area contributed by atoms with Crippen molar-refractivity contribution in [2.24, 2.45) is 22.0 Å². The highest BCUT2D eigenvalue weighted by Crippen LogP contribution is 2.47. The smallest absolute Gasteiger partial charge is 0.256 e. The fourth-order valence-electron chi connectivity index (χ4n) is 5.83. The summed E-state index contributed by atoms with van der Waals surface area (Å²) in [5.74, 6) is -0.979. The largest absolute Gasteiger partial charge is 0.493 e. The molecule has 0 saturated carbocycles. The summed E-state index contributed by atoms with van der Waals surface area (Å²) in [6.07, 6.45) is 2.80. The molecular formula is C35H40N4O4. The summed E-state index contributed by atoms with van der Waals surface area (Å²) in [6, 6.07) is 24.6. The van der Waals surface area contributed by atoms with Gasteiger partial charge in [-0.25, -0.2) is 10.0 Å². The van der Waals surface area contributed by atoms with Gasteiger partial charge >= 0.3 is 0 Å². The number of rotatable bonds is 13. The Morgan fingerprint density at radius 3 is 1.63 bits per heavy atom. The number of anilines is 2. The van der Waals surface area contributed by atoms with Crippen LogP contribution in [0.15, 0.2) is 89.1 Å². The van der Waals surface area contributed by atoms with Crippen LogP contribution in [0.3, 0.4) is 0 Å². The van der Waals surface area contributed by atoms with Crippen LogP contribution in [0.2, 0.25) is 0 Å². The van der Waals surface area contributed by atoms with Gasteiger partial charge in [-0.3, -0.25) is 9.59 Å². The van der Waals surface area contributed by atoms with Crippen LogP contribution >= 0.6 is 0 Å². The Kier molecular flexibility index (Phi) is 9.55.